The number of hydrogen-bond donors (Lipinski definition) is 1. The molecule has 0 radical (unpaired) electrons. The molecule has 1 aliphatic rings. The first kappa shape index (κ1) is 16.8. The van der Waals surface area contributed by atoms with Crippen molar-refractivity contribution in [1.82, 2.24) is 15.1 Å². The van der Waals surface area contributed by atoms with E-state index in [1.165, 1.54) is 17.8 Å². The molecule has 25 heavy (non-hydrogen) atoms. The third-order valence-electron chi connectivity index (χ3n) is 4.39. The molecule has 1 aliphatic carbocycles. The number of carbonyl (C=O) groups excluding carboxylic acids is 2. The Labute approximate surface area is 144 Å². The molecule has 0 fully saturated rings. The van der Waals surface area contributed by atoms with Gasteiger partial charge in [-0.1, -0.05) is 6.07 Å². The Hall–Kier alpha value is -3.01. The van der Waals surface area contributed by atoms with E-state index in [1.54, 1.807) is 25.1 Å². The number of rotatable bonds is 4. The highest BCUT2D eigenvalue weighted by molar-refractivity contribution is 6.12. The molecule has 0 aliphatic heterocycles. The molecule has 128 valence electrons. The second-order valence-corrected chi connectivity index (χ2v) is 6.03. The van der Waals surface area contributed by atoms with E-state index in [0.29, 0.717) is 18.4 Å². The molecule has 1 N–H and O–H groups in total. The molecule has 1 aromatic heterocycles. The highest BCUT2D eigenvalue weighted by Crippen LogP contribution is 2.30. The van der Waals surface area contributed by atoms with E-state index in [-0.39, 0.29) is 11.4 Å². The van der Waals surface area contributed by atoms with Crippen molar-refractivity contribution in [1.29, 1.82) is 5.26 Å². The number of carbonyl (C=O) groups is 2. The van der Waals surface area contributed by atoms with Gasteiger partial charge in [-0.2, -0.15) is 10.4 Å². The van der Waals surface area contributed by atoms with Gasteiger partial charge in [0.05, 0.1) is 6.07 Å². The van der Waals surface area contributed by atoms with Crippen LogP contribution in [0.25, 0.3) is 5.69 Å². The van der Waals surface area contributed by atoms with Gasteiger partial charge in [-0.15, -0.1) is 0 Å². The number of aromatic nitrogens is 2. The smallest absolute Gasteiger partial charge is 0.245 e. The first-order chi connectivity index (χ1) is 12.0. The van der Waals surface area contributed by atoms with Crippen LogP contribution < -0.4 is 5.32 Å². The standard InChI is InChI=1S/C18H17FN4O2/c1-10-6-7-15(13(19)8-10)23-14-5-3-4-11(14)16(22-23)17(24)12(9-20)18(25)21-2/h6-8,12H,3-5H2,1-2H3,(H,21,25)/t12-/m1/s1. The topological polar surface area (TPSA) is 87.8 Å². The van der Waals surface area contributed by atoms with Gasteiger partial charge in [-0.05, 0) is 43.9 Å². The lowest BCUT2D eigenvalue weighted by Crippen LogP contribution is -2.32. The van der Waals surface area contributed by atoms with Crippen LogP contribution in [0.4, 0.5) is 4.39 Å². The van der Waals surface area contributed by atoms with Crippen LogP contribution >= 0.6 is 0 Å². The fourth-order valence-corrected chi connectivity index (χ4v) is 3.14. The molecule has 0 bridgehead atoms. The summed E-state index contributed by atoms with van der Waals surface area (Å²) < 4.78 is 15.8. The molecule has 3 rings (SSSR count). The normalized spacial score (nSPS) is 13.8. The summed E-state index contributed by atoms with van der Waals surface area (Å²) in [5, 5.41) is 15.8. The number of Topliss-reactive ketones (excluding diaryl/α,β-unsaturated/α-hetero) is 1. The van der Waals surface area contributed by atoms with Crippen molar-refractivity contribution in [2.45, 2.75) is 26.2 Å². The number of ketones is 1. The number of amides is 1. The van der Waals surface area contributed by atoms with Crippen LogP contribution in [0.2, 0.25) is 0 Å². The van der Waals surface area contributed by atoms with Gasteiger partial charge in [0, 0.05) is 18.3 Å². The van der Waals surface area contributed by atoms with Gasteiger partial charge >= 0.3 is 0 Å². The van der Waals surface area contributed by atoms with Gasteiger partial charge in [0.15, 0.2) is 5.92 Å². The maximum absolute atomic E-state index is 14.4. The first-order valence-electron chi connectivity index (χ1n) is 8.00. The maximum atomic E-state index is 14.4. The van der Waals surface area contributed by atoms with Crippen molar-refractivity contribution in [2.75, 3.05) is 7.05 Å². The number of nitriles is 1. The monoisotopic (exact) mass is 340 g/mol. The lowest BCUT2D eigenvalue weighted by Gasteiger charge is -2.08. The predicted octanol–water partition coefficient (Wildman–Crippen LogP) is 1.88. The van der Waals surface area contributed by atoms with Gasteiger partial charge in [0.2, 0.25) is 11.7 Å². The van der Waals surface area contributed by atoms with Crippen molar-refractivity contribution in [2.24, 2.45) is 5.92 Å². The van der Waals surface area contributed by atoms with E-state index in [2.05, 4.69) is 10.4 Å². The molecule has 1 heterocycles. The second-order valence-electron chi connectivity index (χ2n) is 6.03. The summed E-state index contributed by atoms with van der Waals surface area (Å²) in [4.78, 5) is 24.4. The molecule has 6 nitrogen and oxygen atoms in total. The summed E-state index contributed by atoms with van der Waals surface area (Å²) >= 11 is 0. The summed E-state index contributed by atoms with van der Waals surface area (Å²) in [5.74, 6) is -3.21. The summed E-state index contributed by atoms with van der Waals surface area (Å²) in [6.45, 7) is 1.79. The van der Waals surface area contributed by atoms with Gasteiger partial charge < -0.3 is 5.32 Å². The van der Waals surface area contributed by atoms with E-state index in [9.17, 15) is 19.2 Å². The Morgan fingerprint density at radius 2 is 2.16 bits per heavy atom. The van der Waals surface area contributed by atoms with Crippen molar-refractivity contribution < 1.29 is 14.0 Å². The van der Waals surface area contributed by atoms with Crippen LogP contribution in [0.1, 0.15) is 33.7 Å². The van der Waals surface area contributed by atoms with E-state index < -0.39 is 23.4 Å². The molecule has 0 saturated heterocycles. The van der Waals surface area contributed by atoms with E-state index in [1.807, 2.05) is 0 Å². The zero-order chi connectivity index (χ0) is 18.1. The summed E-state index contributed by atoms with van der Waals surface area (Å²) in [6.07, 6.45) is 2.11. The van der Waals surface area contributed by atoms with Crippen molar-refractivity contribution >= 4 is 11.7 Å². The van der Waals surface area contributed by atoms with Crippen LogP contribution in [0.15, 0.2) is 18.2 Å². The van der Waals surface area contributed by atoms with Crippen LogP contribution in [0.3, 0.4) is 0 Å². The Balaban J connectivity index is 2.11. The Bertz CT molecular complexity index is 911. The second kappa shape index (κ2) is 6.48. The third kappa shape index (κ3) is 2.80. The minimum Gasteiger partial charge on any atom is -0.358 e. The minimum atomic E-state index is -1.46. The zero-order valence-corrected chi connectivity index (χ0v) is 14.0. The molecule has 0 unspecified atom stereocenters. The largest absolute Gasteiger partial charge is 0.358 e. The lowest BCUT2D eigenvalue weighted by molar-refractivity contribution is -0.121. The molecule has 7 heteroatoms. The molecule has 1 aromatic carbocycles. The number of aryl methyl sites for hydroxylation is 1. The fraction of sp³-hybridized carbons (Fsp3) is 0.333. The van der Waals surface area contributed by atoms with Gasteiger partial charge in [0.1, 0.15) is 17.2 Å². The van der Waals surface area contributed by atoms with Crippen LogP contribution in [0.5, 0.6) is 0 Å². The molecule has 1 atom stereocenters. The summed E-state index contributed by atoms with van der Waals surface area (Å²) in [7, 11) is 1.37. The van der Waals surface area contributed by atoms with Crippen LogP contribution in [-0.2, 0) is 17.6 Å². The summed E-state index contributed by atoms with van der Waals surface area (Å²) in [5.41, 5.74) is 2.60. The number of benzene rings is 1. The average Bonchev–Trinajstić information content (AvgIpc) is 3.18. The molecular weight excluding hydrogens is 323 g/mol. The maximum Gasteiger partial charge on any atom is 0.245 e. The zero-order valence-electron chi connectivity index (χ0n) is 14.0. The molecule has 1 amide bonds. The quantitative estimate of drug-likeness (QED) is 0.680. The molecule has 2 aromatic rings. The summed E-state index contributed by atoms with van der Waals surface area (Å²) in [6, 6.07) is 6.52. The third-order valence-corrected chi connectivity index (χ3v) is 4.39. The van der Waals surface area contributed by atoms with E-state index in [0.717, 1.165) is 17.7 Å². The average molecular weight is 340 g/mol. The van der Waals surface area contributed by atoms with Gasteiger partial charge in [-0.3, -0.25) is 9.59 Å². The molecule has 0 spiro atoms. The number of hydrogen-bond acceptors (Lipinski definition) is 4. The Morgan fingerprint density at radius 3 is 2.80 bits per heavy atom. The SMILES string of the molecule is CNC(=O)[C@H](C#N)C(=O)c1nn(-c2ccc(C)cc2F)c2c1CCC2. The highest BCUT2D eigenvalue weighted by Gasteiger charge is 2.34. The van der Waals surface area contributed by atoms with Gasteiger partial charge in [0.25, 0.3) is 0 Å². The van der Waals surface area contributed by atoms with Gasteiger partial charge in [-0.25, -0.2) is 9.07 Å². The van der Waals surface area contributed by atoms with Crippen LogP contribution in [-0.4, -0.2) is 28.5 Å². The minimum absolute atomic E-state index is 0.0858. The Kier molecular flexibility index (Phi) is 4.36. The van der Waals surface area contributed by atoms with Crippen molar-refractivity contribution in [3.8, 4) is 11.8 Å². The predicted molar refractivity (Wildman–Crippen MR) is 87.8 cm³/mol. The first-order valence-corrected chi connectivity index (χ1v) is 8.00. The Morgan fingerprint density at radius 1 is 1.40 bits per heavy atom. The number of nitrogens with one attached hydrogen (secondary N) is 1. The van der Waals surface area contributed by atoms with Crippen molar-refractivity contribution in [3.63, 3.8) is 0 Å². The molecular formula is C18H17FN4O2. The van der Waals surface area contributed by atoms with E-state index >= 15 is 0 Å². The number of fused-ring (bicyclic) bond motifs is 1. The van der Waals surface area contributed by atoms with Crippen LogP contribution in [0, 0.1) is 30.0 Å². The van der Waals surface area contributed by atoms with Crippen molar-refractivity contribution in [3.05, 3.63) is 46.5 Å². The highest BCUT2D eigenvalue weighted by atomic mass is 19.1. The lowest BCUT2D eigenvalue weighted by atomic mass is 9.99. The fourth-order valence-electron chi connectivity index (χ4n) is 3.14. The number of nitrogens with zero attached hydrogens (tertiary/aromatic N) is 3. The van der Waals surface area contributed by atoms with E-state index in [4.69, 9.17) is 0 Å². The number of halogens is 1. The molecule has 0 saturated carbocycles.